The van der Waals surface area contributed by atoms with Crippen molar-refractivity contribution in [2.45, 2.75) is 32.8 Å². The molecule has 0 bridgehead atoms. The van der Waals surface area contributed by atoms with Crippen LogP contribution in [-0.4, -0.2) is 37.9 Å². The highest BCUT2D eigenvalue weighted by Gasteiger charge is 2.27. The van der Waals surface area contributed by atoms with Crippen LogP contribution in [0.15, 0.2) is 36.5 Å². The van der Waals surface area contributed by atoms with Gasteiger partial charge >= 0.3 is 0 Å². The Bertz CT molecular complexity index is 752. The fraction of sp³-hybridized carbons (Fsp3) is 0.412. The van der Waals surface area contributed by atoms with Crippen LogP contribution < -0.4 is 5.32 Å². The maximum atomic E-state index is 12.2. The van der Waals surface area contributed by atoms with E-state index in [1.165, 1.54) is 16.8 Å². The molecule has 1 aromatic carbocycles. The molecular formula is C17H22N4O4. The molecule has 2 unspecified atom stereocenters. The summed E-state index contributed by atoms with van der Waals surface area (Å²) < 4.78 is 1.46. The molecule has 2 atom stereocenters. The zero-order valence-electron chi connectivity index (χ0n) is 14.5. The molecule has 1 heterocycles. The van der Waals surface area contributed by atoms with Gasteiger partial charge in [-0.3, -0.25) is 14.9 Å². The second kappa shape index (κ2) is 7.43. The SMILES string of the molecule is CCC(C)C(C)(O)CNC(=O)c1ccn(-c2ccc([N+](=O)[O-])cc2)n1. The summed E-state index contributed by atoms with van der Waals surface area (Å²) in [5.41, 5.74) is -0.193. The van der Waals surface area contributed by atoms with Gasteiger partial charge in [0.1, 0.15) is 0 Å². The summed E-state index contributed by atoms with van der Waals surface area (Å²) >= 11 is 0. The number of amides is 1. The van der Waals surface area contributed by atoms with E-state index in [9.17, 15) is 20.0 Å². The first-order chi connectivity index (χ1) is 11.7. The Labute approximate surface area is 145 Å². The number of aliphatic hydroxyl groups is 1. The van der Waals surface area contributed by atoms with Crippen molar-refractivity contribution in [3.05, 3.63) is 52.3 Å². The van der Waals surface area contributed by atoms with Crippen molar-refractivity contribution in [1.82, 2.24) is 15.1 Å². The largest absolute Gasteiger partial charge is 0.388 e. The molecule has 0 aliphatic heterocycles. The number of hydrogen-bond donors (Lipinski definition) is 2. The summed E-state index contributed by atoms with van der Waals surface area (Å²) in [4.78, 5) is 22.4. The van der Waals surface area contributed by atoms with Crippen LogP contribution in [0.5, 0.6) is 0 Å². The van der Waals surface area contributed by atoms with Gasteiger partial charge in [0.05, 0.1) is 16.2 Å². The van der Waals surface area contributed by atoms with Crippen molar-refractivity contribution in [2.75, 3.05) is 6.54 Å². The van der Waals surface area contributed by atoms with Crippen molar-refractivity contribution in [2.24, 2.45) is 5.92 Å². The van der Waals surface area contributed by atoms with Gasteiger partial charge in [-0.25, -0.2) is 4.68 Å². The Morgan fingerprint density at radius 2 is 2.04 bits per heavy atom. The van der Waals surface area contributed by atoms with E-state index in [0.717, 1.165) is 6.42 Å². The van der Waals surface area contributed by atoms with E-state index >= 15 is 0 Å². The Morgan fingerprint density at radius 1 is 1.40 bits per heavy atom. The quantitative estimate of drug-likeness (QED) is 0.590. The minimum atomic E-state index is -0.995. The highest BCUT2D eigenvalue weighted by molar-refractivity contribution is 5.92. The standard InChI is InChI=1S/C17H22N4O4/c1-4-12(2)17(3,23)11-18-16(22)15-9-10-20(19-15)13-5-7-14(8-6-13)21(24)25/h5-10,12,23H,4,11H2,1-3H3,(H,18,22). The normalized spacial score (nSPS) is 14.6. The minimum Gasteiger partial charge on any atom is -0.388 e. The van der Waals surface area contributed by atoms with Gasteiger partial charge in [0, 0.05) is 24.9 Å². The molecule has 0 fully saturated rings. The van der Waals surface area contributed by atoms with Crippen LogP contribution in [0.25, 0.3) is 5.69 Å². The molecule has 0 aliphatic rings. The molecule has 8 nitrogen and oxygen atoms in total. The average molecular weight is 346 g/mol. The Hall–Kier alpha value is -2.74. The third kappa shape index (κ3) is 4.42. The first kappa shape index (κ1) is 18.6. The summed E-state index contributed by atoms with van der Waals surface area (Å²) in [5, 5.41) is 27.9. The molecule has 0 saturated carbocycles. The molecule has 8 heteroatoms. The number of hydrogen-bond acceptors (Lipinski definition) is 5. The highest BCUT2D eigenvalue weighted by Crippen LogP contribution is 2.19. The van der Waals surface area contributed by atoms with Crippen LogP contribution in [0, 0.1) is 16.0 Å². The molecule has 2 N–H and O–H groups in total. The molecule has 0 spiro atoms. The van der Waals surface area contributed by atoms with Gasteiger partial charge in [-0.2, -0.15) is 5.10 Å². The van der Waals surface area contributed by atoms with E-state index in [1.54, 1.807) is 31.3 Å². The number of nitro groups is 1. The van der Waals surface area contributed by atoms with Crippen LogP contribution in [0.2, 0.25) is 0 Å². The Balaban J connectivity index is 2.05. The molecule has 25 heavy (non-hydrogen) atoms. The Kier molecular flexibility index (Phi) is 5.53. The lowest BCUT2D eigenvalue weighted by Crippen LogP contribution is -2.45. The van der Waals surface area contributed by atoms with Crippen molar-refractivity contribution in [3.8, 4) is 5.69 Å². The van der Waals surface area contributed by atoms with Crippen molar-refractivity contribution in [3.63, 3.8) is 0 Å². The monoisotopic (exact) mass is 346 g/mol. The number of nitro benzene ring substituents is 1. The fourth-order valence-corrected chi connectivity index (χ4v) is 2.28. The molecule has 134 valence electrons. The van der Waals surface area contributed by atoms with Gasteiger partial charge in [0.25, 0.3) is 11.6 Å². The van der Waals surface area contributed by atoms with Crippen molar-refractivity contribution < 1.29 is 14.8 Å². The summed E-state index contributed by atoms with van der Waals surface area (Å²) in [7, 11) is 0. The number of nitrogens with zero attached hydrogens (tertiary/aromatic N) is 3. The lowest BCUT2D eigenvalue weighted by molar-refractivity contribution is -0.384. The number of benzene rings is 1. The molecule has 0 radical (unpaired) electrons. The number of aromatic nitrogens is 2. The van der Waals surface area contributed by atoms with E-state index in [1.807, 2.05) is 13.8 Å². The van der Waals surface area contributed by atoms with Crippen molar-refractivity contribution in [1.29, 1.82) is 0 Å². The van der Waals surface area contributed by atoms with E-state index in [-0.39, 0.29) is 29.8 Å². The van der Waals surface area contributed by atoms with Gasteiger partial charge in [-0.05, 0) is 31.0 Å². The lowest BCUT2D eigenvalue weighted by atomic mass is 9.88. The summed E-state index contributed by atoms with van der Waals surface area (Å²) in [5.74, 6) is -0.338. The van der Waals surface area contributed by atoms with Crippen LogP contribution in [0.4, 0.5) is 5.69 Å². The number of rotatable bonds is 7. The van der Waals surface area contributed by atoms with Crippen molar-refractivity contribution >= 4 is 11.6 Å². The second-order valence-corrected chi connectivity index (χ2v) is 6.27. The summed E-state index contributed by atoms with van der Waals surface area (Å²) in [6.45, 7) is 5.73. The third-order valence-electron chi connectivity index (χ3n) is 4.43. The van der Waals surface area contributed by atoms with Gasteiger partial charge < -0.3 is 10.4 Å². The van der Waals surface area contributed by atoms with Crippen LogP contribution >= 0.6 is 0 Å². The number of non-ortho nitro benzene ring substituents is 1. The zero-order chi connectivity index (χ0) is 18.6. The lowest BCUT2D eigenvalue weighted by Gasteiger charge is -2.29. The molecule has 1 aromatic heterocycles. The Morgan fingerprint density at radius 3 is 2.60 bits per heavy atom. The smallest absolute Gasteiger partial charge is 0.271 e. The summed E-state index contributed by atoms with van der Waals surface area (Å²) in [6.07, 6.45) is 2.40. The van der Waals surface area contributed by atoms with Gasteiger partial charge in [0.15, 0.2) is 5.69 Å². The van der Waals surface area contributed by atoms with Gasteiger partial charge in [-0.1, -0.05) is 20.3 Å². The number of nitrogens with one attached hydrogen (secondary N) is 1. The van der Waals surface area contributed by atoms with Gasteiger partial charge in [0.2, 0.25) is 0 Å². The molecule has 0 saturated heterocycles. The number of carbonyl (C=O) groups is 1. The van der Waals surface area contributed by atoms with Crippen LogP contribution in [0.1, 0.15) is 37.7 Å². The third-order valence-corrected chi connectivity index (χ3v) is 4.43. The van der Waals surface area contributed by atoms with E-state index in [4.69, 9.17) is 0 Å². The predicted octanol–water partition coefficient (Wildman–Crippen LogP) is 2.31. The fourth-order valence-electron chi connectivity index (χ4n) is 2.28. The topological polar surface area (TPSA) is 110 Å². The molecule has 2 aromatic rings. The summed E-state index contributed by atoms with van der Waals surface area (Å²) in [6, 6.07) is 7.41. The molecule has 2 rings (SSSR count). The first-order valence-corrected chi connectivity index (χ1v) is 8.05. The van der Waals surface area contributed by atoms with Crippen LogP contribution in [0.3, 0.4) is 0 Å². The molecular weight excluding hydrogens is 324 g/mol. The predicted molar refractivity (Wildman–Crippen MR) is 92.6 cm³/mol. The average Bonchev–Trinajstić information content (AvgIpc) is 3.09. The van der Waals surface area contributed by atoms with Crippen LogP contribution in [-0.2, 0) is 0 Å². The maximum absolute atomic E-state index is 12.2. The van der Waals surface area contributed by atoms with Gasteiger partial charge in [-0.15, -0.1) is 0 Å². The van der Waals surface area contributed by atoms with E-state index in [2.05, 4.69) is 10.4 Å². The second-order valence-electron chi connectivity index (χ2n) is 6.27. The van der Waals surface area contributed by atoms with E-state index in [0.29, 0.717) is 5.69 Å². The minimum absolute atomic E-state index is 0.0128. The zero-order valence-corrected chi connectivity index (χ0v) is 14.5. The maximum Gasteiger partial charge on any atom is 0.271 e. The highest BCUT2D eigenvalue weighted by atomic mass is 16.6. The number of carbonyl (C=O) groups excluding carboxylic acids is 1. The molecule has 0 aliphatic carbocycles. The molecule has 1 amide bonds. The first-order valence-electron chi connectivity index (χ1n) is 8.05. The van der Waals surface area contributed by atoms with E-state index < -0.39 is 10.5 Å².